The van der Waals surface area contributed by atoms with Gasteiger partial charge in [0.05, 0.1) is 10.2 Å². The molecule has 0 aliphatic rings. The highest BCUT2D eigenvalue weighted by Gasteiger charge is 2.32. The third-order valence-corrected chi connectivity index (χ3v) is 3.41. The van der Waals surface area contributed by atoms with Crippen molar-refractivity contribution < 1.29 is 14.2 Å². The number of ether oxygens (including phenoxy) is 3. The van der Waals surface area contributed by atoms with Gasteiger partial charge in [-0.15, -0.1) is 0 Å². The molecule has 0 rings (SSSR count). The summed E-state index contributed by atoms with van der Waals surface area (Å²) in [5, 5.41) is 0. The lowest BCUT2D eigenvalue weighted by molar-refractivity contribution is -0.230. The highest BCUT2D eigenvalue weighted by Crippen LogP contribution is 2.16. The molecular weight excluding hydrogens is 184 g/mol. The molecule has 0 amide bonds. The van der Waals surface area contributed by atoms with Gasteiger partial charge in [0.25, 0.3) is 0 Å². The van der Waals surface area contributed by atoms with Crippen LogP contribution in [0.2, 0.25) is 0 Å². The summed E-state index contributed by atoms with van der Waals surface area (Å²) in [5.74, 6) is 0. The summed E-state index contributed by atoms with van der Waals surface area (Å²) in [7, 11) is 0.816. The summed E-state index contributed by atoms with van der Waals surface area (Å²) in [5.41, 5.74) is -0.473. The molecule has 0 aliphatic heterocycles. The normalized spacial score (nSPS) is 14.8. The van der Waals surface area contributed by atoms with Crippen LogP contribution < -0.4 is 0 Å². The molecule has 0 spiro atoms. The molecule has 13 heavy (non-hydrogen) atoms. The van der Waals surface area contributed by atoms with Crippen molar-refractivity contribution in [1.82, 2.24) is 0 Å². The van der Waals surface area contributed by atoms with Crippen LogP contribution in [0.3, 0.4) is 0 Å². The second-order valence-corrected chi connectivity index (χ2v) is 4.37. The predicted octanol–water partition coefficient (Wildman–Crippen LogP) is 0.504. The Bertz CT molecular complexity index is 124. The standard InChI is InChI=1S/C9H22O3Si/c1-5-10-8(4)9(13,11-6-2)12-7-3/h8H,5-7H2,1-4,13H3/t8-/m1/s1. The number of hydrogen-bond donors (Lipinski definition) is 0. The average molecular weight is 206 g/mol. The molecular formula is C9H22O3Si. The molecule has 0 heterocycles. The first kappa shape index (κ1) is 13.1. The van der Waals surface area contributed by atoms with E-state index >= 15 is 0 Å². The first-order chi connectivity index (χ1) is 6.10. The van der Waals surface area contributed by atoms with Crippen molar-refractivity contribution in [2.75, 3.05) is 19.8 Å². The van der Waals surface area contributed by atoms with Gasteiger partial charge in [-0.05, 0) is 27.7 Å². The molecule has 0 radical (unpaired) electrons. The summed E-state index contributed by atoms with van der Waals surface area (Å²) in [4.78, 5) is 0. The zero-order valence-electron chi connectivity index (χ0n) is 9.42. The second kappa shape index (κ2) is 6.54. The SMILES string of the molecule is CCO[C@H](C)C([SiH3])(OCC)OCC. The zero-order valence-corrected chi connectivity index (χ0v) is 11.4. The lowest BCUT2D eigenvalue weighted by Gasteiger charge is -2.34. The molecule has 3 nitrogen and oxygen atoms in total. The van der Waals surface area contributed by atoms with Gasteiger partial charge in [0.15, 0.2) is 5.41 Å². The van der Waals surface area contributed by atoms with Gasteiger partial charge in [-0.25, -0.2) is 0 Å². The van der Waals surface area contributed by atoms with E-state index in [4.69, 9.17) is 14.2 Å². The summed E-state index contributed by atoms with van der Waals surface area (Å²) in [6.45, 7) is 9.97. The molecule has 0 unspecified atom stereocenters. The maximum absolute atomic E-state index is 5.60. The van der Waals surface area contributed by atoms with Crippen molar-refractivity contribution >= 4 is 10.2 Å². The Hall–Kier alpha value is 0.0969. The van der Waals surface area contributed by atoms with E-state index in [9.17, 15) is 0 Å². The fourth-order valence-electron chi connectivity index (χ4n) is 1.25. The van der Waals surface area contributed by atoms with Gasteiger partial charge < -0.3 is 14.2 Å². The minimum atomic E-state index is -0.473. The summed E-state index contributed by atoms with van der Waals surface area (Å²) >= 11 is 0. The molecule has 0 N–H and O–H groups in total. The second-order valence-electron chi connectivity index (χ2n) is 2.98. The van der Waals surface area contributed by atoms with Crippen LogP contribution in [0.4, 0.5) is 0 Å². The third-order valence-electron chi connectivity index (χ3n) is 2.02. The van der Waals surface area contributed by atoms with Gasteiger partial charge >= 0.3 is 0 Å². The monoisotopic (exact) mass is 206 g/mol. The summed E-state index contributed by atoms with van der Waals surface area (Å²) in [6, 6.07) is 0. The smallest absolute Gasteiger partial charge is 0.166 e. The first-order valence-corrected chi connectivity index (χ1v) is 6.00. The number of rotatable bonds is 7. The molecule has 0 bridgehead atoms. The lowest BCUT2D eigenvalue weighted by atomic mass is 10.4. The van der Waals surface area contributed by atoms with Crippen LogP contribution in [0.1, 0.15) is 27.7 Å². The van der Waals surface area contributed by atoms with Gasteiger partial charge in [-0.2, -0.15) is 0 Å². The van der Waals surface area contributed by atoms with E-state index in [1.165, 1.54) is 0 Å². The van der Waals surface area contributed by atoms with Crippen molar-refractivity contribution in [2.45, 2.75) is 39.2 Å². The van der Waals surface area contributed by atoms with E-state index in [2.05, 4.69) is 0 Å². The Morgan fingerprint density at radius 2 is 1.54 bits per heavy atom. The lowest BCUT2D eigenvalue weighted by Crippen LogP contribution is -2.48. The fraction of sp³-hybridized carbons (Fsp3) is 1.00. The molecule has 0 fully saturated rings. The van der Waals surface area contributed by atoms with E-state index < -0.39 is 5.41 Å². The highest BCUT2D eigenvalue weighted by molar-refractivity contribution is 6.13. The van der Waals surface area contributed by atoms with Crippen LogP contribution in [0.5, 0.6) is 0 Å². The van der Waals surface area contributed by atoms with E-state index in [1.54, 1.807) is 0 Å². The molecule has 0 saturated carbocycles. The quantitative estimate of drug-likeness (QED) is 0.448. The van der Waals surface area contributed by atoms with E-state index in [-0.39, 0.29) is 6.10 Å². The van der Waals surface area contributed by atoms with Crippen molar-refractivity contribution in [2.24, 2.45) is 0 Å². The fourth-order valence-corrected chi connectivity index (χ4v) is 1.99. The molecule has 0 aromatic heterocycles. The Morgan fingerprint density at radius 3 is 1.85 bits per heavy atom. The molecule has 0 aromatic rings. The van der Waals surface area contributed by atoms with Gasteiger partial charge in [0.1, 0.15) is 6.10 Å². The maximum atomic E-state index is 5.60. The molecule has 0 saturated heterocycles. The van der Waals surface area contributed by atoms with Crippen molar-refractivity contribution in [3.8, 4) is 0 Å². The summed E-state index contributed by atoms with van der Waals surface area (Å²) in [6.07, 6.45) is 0.0177. The van der Waals surface area contributed by atoms with Crippen LogP contribution in [-0.4, -0.2) is 41.6 Å². The average Bonchev–Trinajstić information content (AvgIpc) is 2.05. The Kier molecular flexibility index (Phi) is 6.58. The van der Waals surface area contributed by atoms with Gasteiger partial charge in [-0.3, -0.25) is 0 Å². The van der Waals surface area contributed by atoms with Crippen LogP contribution in [0.25, 0.3) is 0 Å². The Balaban J connectivity index is 4.18. The molecule has 0 aliphatic carbocycles. The van der Waals surface area contributed by atoms with Crippen molar-refractivity contribution in [3.63, 3.8) is 0 Å². The topological polar surface area (TPSA) is 27.7 Å². The molecule has 0 aromatic carbocycles. The van der Waals surface area contributed by atoms with E-state index in [0.717, 1.165) is 10.2 Å². The first-order valence-electron chi connectivity index (χ1n) is 5.00. The largest absolute Gasteiger partial charge is 0.374 e. The van der Waals surface area contributed by atoms with Gasteiger partial charge in [0.2, 0.25) is 0 Å². The highest BCUT2D eigenvalue weighted by atomic mass is 28.1. The maximum Gasteiger partial charge on any atom is 0.166 e. The summed E-state index contributed by atoms with van der Waals surface area (Å²) < 4.78 is 16.7. The van der Waals surface area contributed by atoms with E-state index in [1.807, 2.05) is 27.7 Å². The molecule has 80 valence electrons. The van der Waals surface area contributed by atoms with Crippen molar-refractivity contribution in [3.05, 3.63) is 0 Å². The van der Waals surface area contributed by atoms with Crippen LogP contribution in [-0.2, 0) is 14.2 Å². The predicted molar refractivity (Wildman–Crippen MR) is 57.0 cm³/mol. The molecule has 1 atom stereocenters. The number of hydrogen-bond acceptors (Lipinski definition) is 3. The van der Waals surface area contributed by atoms with Crippen LogP contribution in [0, 0.1) is 0 Å². The molecule has 4 heteroatoms. The Labute approximate surface area is 84.2 Å². The van der Waals surface area contributed by atoms with Crippen LogP contribution >= 0.6 is 0 Å². The van der Waals surface area contributed by atoms with Gasteiger partial charge in [-0.1, -0.05) is 0 Å². The van der Waals surface area contributed by atoms with Crippen molar-refractivity contribution in [1.29, 1.82) is 0 Å². The minimum absolute atomic E-state index is 0.0177. The minimum Gasteiger partial charge on any atom is -0.374 e. The van der Waals surface area contributed by atoms with Gasteiger partial charge in [0, 0.05) is 19.8 Å². The zero-order chi connectivity index (χ0) is 10.3. The van der Waals surface area contributed by atoms with E-state index in [0.29, 0.717) is 19.8 Å². The Morgan fingerprint density at radius 1 is 1.08 bits per heavy atom. The van der Waals surface area contributed by atoms with Crippen LogP contribution in [0.15, 0.2) is 0 Å². The third kappa shape index (κ3) is 4.22.